The van der Waals surface area contributed by atoms with E-state index in [0.717, 1.165) is 0 Å². The molecule has 0 aromatic heterocycles. The van der Waals surface area contributed by atoms with E-state index >= 15 is 0 Å². The Morgan fingerprint density at radius 1 is 1.08 bits per heavy atom. The van der Waals surface area contributed by atoms with Crippen LogP contribution < -0.4 is 79.4 Å². The van der Waals surface area contributed by atoms with Crippen LogP contribution in [0.15, 0.2) is 24.3 Å². The number of nitrogens with two attached hydrogens (primary N) is 1. The first-order valence-corrected chi connectivity index (χ1v) is 8.02. The van der Waals surface area contributed by atoms with Crippen molar-refractivity contribution in [2.45, 2.75) is 30.7 Å². The van der Waals surface area contributed by atoms with Crippen molar-refractivity contribution < 1.29 is 103 Å². The van der Waals surface area contributed by atoms with Crippen LogP contribution in [0.3, 0.4) is 0 Å². The minimum absolute atomic E-state index is 0. The molecule has 0 spiro atoms. The van der Waals surface area contributed by atoms with Crippen molar-refractivity contribution in [3.05, 3.63) is 24.3 Å². The fraction of sp³-hybridized carbons (Fsp3) is 0.500. The van der Waals surface area contributed by atoms with Gasteiger partial charge in [0.2, 0.25) is 6.29 Å². The summed E-state index contributed by atoms with van der Waals surface area (Å²) in [6.45, 7) is -0.823. The molecule has 1 heterocycles. The van der Waals surface area contributed by atoms with Gasteiger partial charge in [0.15, 0.2) is 0 Å². The van der Waals surface area contributed by atoms with Crippen molar-refractivity contribution >= 4 is 13.5 Å². The van der Waals surface area contributed by atoms with Gasteiger partial charge in [0.25, 0.3) is 0 Å². The SMILES string of the molecule is Nc1ccc(O[C@H]2O[C@H](COP(=O)([O-])[O-])[C@@H](O)[C@H](O)[C@@H]2O)cc1.[Na+].[Na+]. The van der Waals surface area contributed by atoms with Crippen molar-refractivity contribution in [2.24, 2.45) is 0 Å². The number of benzene rings is 1. The number of phosphoric acid groups is 1. The molecule has 25 heavy (non-hydrogen) atoms. The van der Waals surface area contributed by atoms with Gasteiger partial charge in [0.05, 0.1) is 14.4 Å². The van der Waals surface area contributed by atoms with Crippen LogP contribution in [0.2, 0.25) is 0 Å². The average Bonchev–Trinajstić information content (AvgIpc) is 2.48. The molecular formula is C12H16NNa2O9P. The summed E-state index contributed by atoms with van der Waals surface area (Å²) >= 11 is 0. The van der Waals surface area contributed by atoms with Gasteiger partial charge in [-0.2, -0.15) is 0 Å². The second-order valence-corrected chi connectivity index (χ2v) is 6.10. The Labute approximate surface area is 188 Å². The molecule has 0 saturated carbocycles. The monoisotopic (exact) mass is 395 g/mol. The molecule has 0 aliphatic carbocycles. The molecule has 0 unspecified atom stereocenters. The Bertz CT molecular complexity index is 572. The first-order valence-electron chi connectivity index (χ1n) is 6.56. The van der Waals surface area contributed by atoms with Gasteiger partial charge in [-0.15, -0.1) is 0 Å². The zero-order valence-corrected chi connectivity index (χ0v) is 18.6. The maximum absolute atomic E-state index is 10.5. The molecule has 5 N–H and O–H groups in total. The number of aliphatic hydroxyl groups is 3. The Morgan fingerprint density at radius 3 is 2.16 bits per heavy atom. The molecule has 1 saturated heterocycles. The van der Waals surface area contributed by atoms with Gasteiger partial charge in [0.1, 0.15) is 30.2 Å². The number of rotatable bonds is 5. The molecule has 0 amide bonds. The average molecular weight is 395 g/mol. The first-order chi connectivity index (χ1) is 10.7. The predicted octanol–water partition coefficient (Wildman–Crippen LogP) is -8.69. The third kappa shape index (κ3) is 7.73. The summed E-state index contributed by atoms with van der Waals surface area (Å²) in [5.74, 6) is 0.254. The molecular weight excluding hydrogens is 379 g/mol. The van der Waals surface area contributed by atoms with Crippen LogP contribution in [0.4, 0.5) is 5.69 Å². The van der Waals surface area contributed by atoms with Gasteiger partial charge in [-0.3, -0.25) is 0 Å². The van der Waals surface area contributed by atoms with E-state index in [1.54, 1.807) is 0 Å². The Balaban J connectivity index is 0.00000288. The quantitative estimate of drug-likeness (QED) is 0.213. The molecule has 1 aliphatic rings. The predicted molar refractivity (Wildman–Crippen MR) is 71.7 cm³/mol. The Morgan fingerprint density at radius 2 is 1.64 bits per heavy atom. The smallest absolute Gasteiger partial charge is 0.790 e. The molecule has 130 valence electrons. The zero-order chi connectivity index (χ0) is 17.2. The van der Waals surface area contributed by atoms with Crippen LogP contribution in [0, 0.1) is 0 Å². The van der Waals surface area contributed by atoms with Gasteiger partial charge < -0.3 is 49.4 Å². The van der Waals surface area contributed by atoms with Crippen LogP contribution in [0.1, 0.15) is 0 Å². The second-order valence-electron chi connectivity index (χ2n) is 4.94. The summed E-state index contributed by atoms with van der Waals surface area (Å²) < 4.78 is 25.0. The van der Waals surface area contributed by atoms with E-state index in [2.05, 4.69) is 4.52 Å². The summed E-state index contributed by atoms with van der Waals surface area (Å²) in [4.78, 5) is 21.0. The van der Waals surface area contributed by atoms with Crippen LogP contribution >= 0.6 is 7.82 Å². The van der Waals surface area contributed by atoms with Crippen molar-refractivity contribution in [3.63, 3.8) is 0 Å². The normalized spacial score (nSPS) is 29.2. The van der Waals surface area contributed by atoms with Crippen LogP contribution in [0.5, 0.6) is 5.75 Å². The molecule has 1 aliphatic heterocycles. The number of anilines is 1. The van der Waals surface area contributed by atoms with Crippen LogP contribution in [-0.2, 0) is 13.8 Å². The molecule has 1 aromatic rings. The Kier molecular flexibility index (Phi) is 11.3. The standard InChI is InChI=1S/C12H18NO9P.2Na/c13-6-1-3-7(4-2-6)21-12-11(16)10(15)9(14)8(22-12)5-20-23(17,18)19;;/h1-4,8-12,14-16H,5,13H2,(H2,17,18,19);;/q;2*+1/p-2/t8-,9-,10+,11+,12+;;/m1../s1. The summed E-state index contributed by atoms with van der Waals surface area (Å²) in [6.07, 6.45) is -7.76. The molecule has 10 nitrogen and oxygen atoms in total. The third-order valence-corrected chi connectivity index (χ3v) is 3.66. The fourth-order valence-electron chi connectivity index (χ4n) is 2.00. The van der Waals surface area contributed by atoms with Crippen molar-refractivity contribution in [2.75, 3.05) is 12.3 Å². The first kappa shape index (κ1) is 25.8. The molecule has 0 bridgehead atoms. The van der Waals surface area contributed by atoms with Gasteiger partial charge in [0, 0.05) is 5.69 Å². The van der Waals surface area contributed by atoms with Crippen LogP contribution in [0.25, 0.3) is 0 Å². The molecule has 1 aromatic carbocycles. The topological polar surface area (TPSA) is 178 Å². The van der Waals surface area contributed by atoms with Gasteiger partial charge in [-0.05, 0) is 24.3 Å². The summed E-state index contributed by atoms with van der Waals surface area (Å²) in [7, 11) is -5.28. The second kappa shape index (κ2) is 10.9. The van der Waals surface area contributed by atoms with E-state index in [1.165, 1.54) is 24.3 Å². The maximum atomic E-state index is 10.5. The van der Waals surface area contributed by atoms with E-state index in [-0.39, 0.29) is 64.9 Å². The summed E-state index contributed by atoms with van der Waals surface area (Å²) in [6, 6.07) is 6.03. The number of hydrogen-bond acceptors (Lipinski definition) is 10. The van der Waals surface area contributed by atoms with E-state index in [9.17, 15) is 29.7 Å². The van der Waals surface area contributed by atoms with E-state index in [0.29, 0.717) is 5.69 Å². The van der Waals surface area contributed by atoms with Gasteiger partial charge >= 0.3 is 59.1 Å². The third-order valence-electron chi connectivity index (χ3n) is 3.20. The van der Waals surface area contributed by atoms with Gasteiger partial charge in [-0.25, -0.2) is 0 Å². The van der Waals surface area contributed by atoms with Crippen molar-refractivity contribution in [1.82, 2.24) is 0 Å². The van der Waals surface area contributed by atoms with Crippen molar-refractivity contribution in [3.8, 4) is 5.75 Å². The Hall–Kier alpha value is 0.770. The number of nitrogen functional groups attached to an aromatic ring is 1. The number of aliphatic hydroxyl groups excluding tert-OH is 3. The summed E-state index contributed by atoms with van der Waals surface area (Å²) in [5.41, 5.74) is 6.00. The van der Waals surface area contributed by atoms with Crippen molar-refractivity contribution in [1.29, 1.82) is 0 Å². The molecule has 13 heteroatoms. The fourth-order valence-corrected chi connectivity index (χ4v) is 2.33. The number of phosphoric ester groups is 1. The molecule has 5 atom stereocenters. The van der Waals surface area contributed by atoms with E-state index < -0.39 is 45.1 Å². The largest absolute Gasteiger partial charge is 1.00 e. The maximum Gasteiger partial charge on any atom is 1.00 e. The zero-order valence-electron chi connectivity index (χ0n) is 13.7. The summed E-state index contributed by atoms with van der Waals surface area (Å²) in [5, 5.41) is 29.4. The molecule has 1 fully saturated rings. The van der Waals surface area contributed by atoms with E-state index in [1.807, 2.05) is 0 Å². The number of ether oxygens (including phenoxy) is 2. The molecule has 0 radical (unpaired) electrons. The molecule has 2 rings (SSSR count). The van der Waals surface area contributed by atoms with E-state index in [4.69, 9.17) is 15.2 Å². The minimum atomic E-state index is -5.28. The van der Waals surface area contributed by atoms with Crippen LogP contribution in [-0.4, -0.2) is 52.6 Å². The minimum Gasteiger partial charge on any atom is -0.790 e. The van der Waals surface area contributed by atoms with Gasteiger partial charge in [-0.1, -0.05) is 0 Å². The number of hydrogen-bond donors (Lipinski definition) is 4.